The molecule has 29 heavy (non-hydrogen) atoms. The number of fused-ring (bicyclic) bond motifs is 1. The maximum atomic E-state index is 13.1. The summed E-state index contributed by atoms with van der Waals surface area (Å²) >= 11 is 5.93. The minimum Gasteiger partial charge on any atom is -0.448 e. The molecule has 6 nitrogen and oxygen atoms in total. The van der Waals surface area contributed by atoms with Crippen LogP contribution in [0.3, 0.4) is 0 Å². The Balaban J connectivity index is 1.70. The van der Waals surface area contributed by atoms with Gasteiger partial charge in [-0.25, -0.2) is 13.2 Å². The van der Waals surface area contributed by atoms with E-state index in [1.165, 1.54) is 6.92 Å². The normalized spacial score (nSPS) is 22.9. The Morgan fingerprint density at radius 3 is 2.10 bits per heavy atom. The van der Waals surface area contributed by atoms with Crippen molar-refractivity contribution in [2.24, 2.45) is 0 Å². The molecule has 0 spiro atoms. The van der Waals surface area contributed by atoms with E-state index in [4.69, 9.17) is 16.3 Å². The first-order chi connectivity index (χ1) is 13.8. The van der Waals surface area contributed by atoms with Crippen molar-refractivity contribution in [2.75, 3.05) is 5.75 Å². The van der Waals surface area contributed by atoms with E-state index in [1.54, 1.807) is 0 Å². The van der Waals surface area contributed by atoms with Crippen molar-refractivity contribution in [1.82, 2.24) is 4.90 Å². The molecular weight excluding hydrogens is 414 g/mol. The highest BCUT2D eigenvalue weighted by atomic mass is 35.5. The van der Waals surface area contributed by atoms with Gasteiger partial charge in [0, 0.05) is 0 Å². The summed E-state index contributed by atoms with van der Waals surface area (Å²) in [6, 6.07) is 18.4. The quantitative estimate of drug-likeness (QED) is 0.422. The molecule has 2 aliphatic heterocycles. The molecule has 2 aliphatic rings. The van der Waals surface area contributed by atoms with E-state index in [0.29, 0.717) is 0 Å². The van der Waals surface area contributed by atoms with Crippen LogP contribution in [0.4, 0.5) is 0 Å². The maximum absolute atomic E-state index is 13.1. The van der Waals surface area contributed by atoms with E-state index in [-0.39, 0.29) is 17.0 Å². The van der Waals surface area contributed by atoms with Crippen LogP contribution >= 0.6 is 11.6 Å². The van der Waals surface area contributed by atoms with Gasteiger partial charge in [-0.05, 0) is 23.6 Å². The first-order valence-corrected chi connectivity index (χ1v) is 11.2. The molecule has 1 fully saturated rings. The number of carbonyl (C=O) groups is 2. The lowest BCUT2D eigenvalue weighted by atomic mass is 10.0. The van der Waals surface area contributed by atoms with Gasteiger partial charge in [0.1, 0.15) is 11.1 Å². The zero-order chi connectivity index (χ0) is 20.8. The van der Waals surface area contributed by atoms with Gasteiger partial charge < -0.3 is 4.74 Å². The minimum absolute atomic E-state index is 0.0383. The Bertz CT molecular complexity index is 1060. The summed E-state index contributed by atoms with van der Waals surface area (Å²) < 4.78 is 30.6. The number of esters is 1. The van der Waals surface area contributed by atoms with Crippen molar-refractivity contribution >= 4 is 33.3 Å². The third-order valence-electron chi connectivity index (χ3n) is 5.03. The van der Waals surface area contributed by atoms with Gasteiger partial charge in [0.25, 0.3) is 0 Å². The average molecular weight is 432 g/mol. The van der Waals surface area contributed by atoms with Gasteiger partial charge >= 0.3 is 5.97 Å². The number of alkyl halides is 1. The molecule has 0 aromatic heterocycles. The molecule has 4 rings (SSSR count). The lowest BCUT2D eigenvalue weighted by molar-refractivity contribution is -0.151. The molecule has 1 saturated heterocycles. The Kier molecular flexibility index (Phi) is 4.96. The molecule has 0 unspecified atom stereocenters. The third kappa shape index (κ3) is 3.34. The van der Waals surface area contributed by atoms with Crippen LogP contribution < -0.4 is 0 Å². The first-order valence-electron chi connectivity index (χ1n) is 9.00. The summed E-state index contributed by atoms with van der Waals surface area (Å²) in [5.41, 5.74) is 1.75. The van der Waals surface area contributed by atoms with Crippen LogP contribution in [0, 0.1) is 0 Å². The monoisotopic (exact) mass is 431 g/mol. The number of nitrogens with zero attached hydrogens (tertiary/aromatic N) is 1. The fraction of sp³-hybridized carbons (Fsp3) is 0.238. The Morgan fingerprint density at radius 2 is 1.59 bits per heavy atom. The highest BCUT2D eigenvalue weighted by Gasteiger charge is 2.59. The van der Waals surface area contributed by atoms with Crippen molar-refractivity contribution in [1.29, 1.82) is 0 Å². The van der Waals surface area contributed by atoms with Gasteiger partial charge in [-0.2, -0.15) is 0 Å². The van der Waals surface area contributed by atoms with Crippen LogP contribution in [0.5, 0.6) is 0 Å². The summed E-state index contributed by atoms with van der Waals surface area (Å²) in [7, 11) is -3.65. The lowest BCUT2D eigenvalue weighted by Crippen LogP contribution is -2.68. The number of β-lactam (4-membered cyclic amide) rings is 1. The van der Waals surface area contributed by atoms with E-state index >= 15 is 0 Å². The maximum Gasteiger partial charge on any atom is 0.356 e. The van der Waals surface area contributed by atoms with Crippen LogP contribution in [-0.2, 0) is 24.2 Å². The molecule has 2 aromatic carbocycles. The smallest absolute Gasteiger partial charge is 0.356 e. The Morgan fingerprint density at radius 1 is 1.07 bits per heavy atom. The fourth-order valence-corrected chi connectivity index (χ4v) is 6.30. The topological polar surface area (TPSA) is 80.8 Å². The Labute approximate surface area is 173 Å². The molecule has 2 atom stereocenters. The average Bonchev–Trinajstić information content (AvgIpc) is 2.71. The molecule has 2 heterocycles. The van der Waals surface area contributed by atoms with Gasteiger partial charge in [-0.1, -0.05) is 60.7 Å². The second-order valence-corrected chi connectivity index (χ2v) is 9.61. The van der Waals surface area contributed by atoms with Crippen LogP contribution in [0.15, 0.2) is 71.9 Å². The van der Waals surface area contributed by atoms with Crippen molar-refractivity contribution in [2.45, 2.75) is 23.8 Å². The predicted molar refractivity (Wildman–Crippen MR) is 108 cm³/mol. The van der Waals surface area contributed by atoms with Crippen LogP contribution in [0.1, 0.15) is 24.2 Å². The Hall–Kier alpha value is -2.64. The van der Waals surface area contributed by atoms with Crippen molar-refractivity contribution in [3.05, 3.63) is 83.1 Å². The van der Waals surface area contributed by atoms with Crippen molar-refractivity contribution < 1.29 is 22.7 Å². The van der Waals surface area contributed by atoms with Gasteiger partial charge in [-0.15, -0.1) is 11.6 Å². The third-order valence-corrected chi connectivity index (χ3v) is 7.66. The molecule has 1 amide bonds. The van der Waals surface area contributed by atoms with Gasteiger partial charge in [0.05, 0.1) is 5.75 Å². The van der Waals surface area contributed by atoms with Crippen molar-refractivity contribution in [3.8, 4) is 0 Å². The number of carbonyl (C=O) groups excluding carboxylic acids is 2. The standard InChI is InChI=1S/C21H18ClNO5S/c1-13-12-29(26,27)20-16(22)19(24)23(20)17(13)21(25)28-18(14-8-4-2-5-9-14)15-10-6-3-7-11-15/h2-11,16,18,20H,12H2,1H3/t16-,20-/m0/s1. The molecule has 0 aliphatic carbocycles. The summed E-state index contributed by atoms with van der Waals surface area (Å²) in [5, 5.41) is -2.41. The van der Waals surface area contributed by atoms with E-state index < -0.39 is 38.6 Å². The number of rotatable bonds is 4. The molecule has 0 bridgehead atoms. The second kappa shape index (κ2) is 7.31. The van der Waals surface area contributed by atoms with Gasteiger partial charge in [0.2, 0.25) is 5.91 Å². The summed E-state index contributed by atoms with van der Waals surface area (Å²) in [4.78, 5) is 26.3. The number of hydrogen-bond donors (Lipinski definition) is 0. The number of sulfone groups is 1. The van der Waals surface area contributed by atoms with Gasteiger partial charge in [0.15, 0.2) is 21.3 Å². The lowest BCUT2D eigenvalue weighted by Gasteiger charge is -2.46. The second-order valence-electron chi connectivity index (χ2n) is 7.04. The molecule has 8 heteroatoms. The summed E-state index contributed by atoms with van der Waals surface area (Å²) in [5.74, 6) is -1.70. The molecule has 0 radical (unpaired) electrons. The van der Waals surface area contributed by atoms with Gasteiger partial charge in [-0.3, -0.25) is 9.69 Å². The predicted octanol–water partition coefficient (Wildman–Crippen LogP) is 2.80. The number of ether oxygens (including phenoxy) is 1. The number of halogens is 1. The van der Waals surface area contributed by atoms with E-state index in [2.05, 4.69) is 0 Å². The zero-order valence-electron chi connectivity index (χ0n) is 15.5. The zero-order valence-corrected chi connectivity index (χ0v) is 17.1. The molecule has 150 valence electrons. The van der Waals surface area contributed by atoms with Crippen molar-refractivity contribution in [3.63, 3.8) is 0 Å². The summed E-state index contributed by atoms with van der Waals surface area (Å²) in [6.07, 6.45) is -0.703. The van der Waals surface area contributed by atoms with E-state index in [1.807, 2.05) is 60.7 Å². The number of amides is 1. The number of hydrogen-bond acceptors (Lipinski definition) is 5. The molecule has 0 N–H and O–H groups in total. The minimum atomic E-state index is -3.65. The highest BCUT2D eigenvalue weighted by Crippen LogP contribution is 2.40. The first kappa shape index (κ1) is 19.7. The summed E-state index contributed by atoms with van der Waals surface area (Å²) in [6.45, 7) is 1.51. The fourth-order valence-electron chi connectivity index (χ4n) is 3.69. The largest absolute Gasteiger partial charge is 0.448 e. The number of benzene rings is 2. The SMILES string of the molecule is CC1=C(C(=O)OC(c2ccccc2)c2ccccc2)N2C(=O)[C@H](Cl)[C@@H]2S(=O)(=O)C1. The van der Waals surface area contributed by atoms with Crippen LogP contribution in [0.25, 0.3) is 0 Å². The van der Waals surface area contributed by atoms with Crippen LogP contribution in [0.2, 0.25) is 0 Å². The molecule has 0 saturated carbocycles. The molecule has 2 aromatic rings. The molecular formula is C21H18ClNO5S. The van der Waals surface area contributed by atoms with Crippen LogP contribution in [-0.4, -0.2) is 41.7 Å². The van der Waals surface area contributed by atoms with E-state index in [9.17, 15) is 18.0 Å². The highest BCUT2D eigenvalue weighted by molar-refractivity contribution is 7.92. The van der Waals surface area contributed by atoms with E-state index in [0.717, 1.165) is 16.0 Å².